The predicted octanol–water partition coefficient (Wildman–Crippen LogP) is 3.49. The van der Waals surface area contributed by atoms with Crippen molar-refractivity contribution in [2.24, 2.45) is 11.7 Å². The van der Waals surface area contributed by atoms with Crippen LogP contribution in [0.15, 0.2) is 41.3 Å². The predicted molar refractivity (Wildman–Crippen MR) is 180 cm³/mol. The van der Waals surface area contributed by atoms with Gasteiger partial charge in [-0.15, -0.1) is 11.8 Å². The van der Waals surface area contributed by atoms with E-state index < -0.39 is 6.04 Å². The molecule has 0 radical (unpaired) electrons. The summed E-state index contributed by atoms with van der Waals surface area (Å²) in [5.74, 6) is 1.02. The molecule has 3 saturated heterocycles. The zero-order valence-corrected chi connectivity index (χ0v) is 27.6. The monoisotopic (exact) mass is 645 g/mol. The maximum atomic E-state index is 13.8. The summed E-state index contributed by atoms with van der Waals surface area (Å²) < 4.78 is 13.8. The molecular weight excluding hydrogens is 597 g/mol. The van der Waals surface area contributed by atoms with Crippen LogP contribution in [-0.4, -0.2) is 110 Å². The third-order valence-electron chi connectivity index (χ3n) is 9.26. The minimum Gasteiger partial charge on any atom is -0.383 e. The van der Waals surface area contributed by atoms with Gasteiger partial charge in [0, 0.05) is 87.1 Å². The first-order valence-corrected chi connectivity index (χ1v) is 17.6. The van der Waals surface area contributed by atoms with E-state index >= 15 is 0 Å². The van der Waals surface area contributed by atoms with Crippen molar-refractivity contribution >= 4 is 35.0 Å². The first-order valence-electron chi connectivity index (χ1n) is 16.3. The highest BCUT2D eigenvalue weighted by Crippen LogP contribution is 2.27. The summed E-state index contributed by atoms with van der Waals surface area (Å²) in [6.45, 7) is 12.6. The number of piperidine rings is 1. The summed E-state index contributed by atoms with van der Waals surface area (Å²) in [7, 11) is 0. The Kier molecular flexibility index (Phi) is 12.6. The average Bonchev–Trinajstić information content (AvgIpc) is 3.05. The molecule has 3 aliphatic heterocycles. The molecule has 0 aliphatic carbocycles. The van der Waals surface area contributed by atoms with Crippen molar-refractivity contribution in [1.29, 1.82) is 0 Å². The molecule has 11 heteroatoms. The highest BCUT2D eigenvalue weighted by Gasteiger charge is 2.33. The van der Waals surface area contributed by atoms with Crippen LogP contribution in [0.4, 0.5) is 10.1 Å². The van der Waals surface area contributed by atoms with Crippen LogP contribution in [0.25, 0.3) is 0 Å². The minimum atomic E-state index is -0.444. The fourth-order valence-electron chi connectivity index (χ4n) is 6.58. The number of hydrogen-bond acceptors (Lipinski definition) is 8. The van der Waals surface area contributed by atoms with Gasteiger partial charge in [-0.05, 0) is 85.5 Å². The van der Waals surface area contributed by atoms with Crippen molar-refractivity contribution in [3.63, 3.8) is 0 Å². The first kappa shape index (κ1) is 33.4. The molecule has 2 aromatic carbocycles. The number of nitrogens with zero attached hydrogens (tertiary/aromatic N) is 3. The number of thioether (sulfide) groups is 1. The highest BCUT2D eigenvalue weighted by molar-refractivity contribution is 7.99. The molecule has 3 heterocycles. The summed E-state index contributed by atoms with van der Waals surface area (Å²) in [6, 6.07) is 11.2. The van der Waals surface area contributed by atoms with Crippen LogP contribution in [0.1, 0.15) is 30.9 Å². The van der Waals surface area contributed by atoms with E-state index in [1.807, 2.05) is 17.0 Å². The Bertz CT molecular complexity index is 1220. The molecule has 44 heavy (non-hydrogen) atoms. The highest BCUT2D eigenvalue weighted by atomic mass is 35.5. The summed E-state index contributed by atoms with van der Waals surface area (Å²) >= 11 is 8.05. The fraction of sp³-hybridized carbons (Fsp3) is 0.606. The second-order valence-electron chi connectivity index (χ2n) is 12.3. The number of benzene rings is 2. The van der Waals surface area contributed by atoms with Gasteiger partial charge in [0.2, 0.25) is 5.91 Å². The van der Waals surface area contributed by atoms with Crippen LogP contribution in [0.5, 0.6) is 0 Å². The number of rotatable bonds is 12. The SMILES string of the molecule is CCSc1cc(F)ccc1CN1CCN(C(=O)[C@H](N)C2CCN(CCc3cc(Cl)ccc3NC[C@H]3CNCCN3)CC2)CC1. The van der Waals surface area contributed by atoms with Gasteiger partial charge in [-0.2, -0.15) is 0 Å². The fourth-order valence-corrected chi connectivity index (χ4v) is 7.59. The number of hydrogen-bond donors (Lipinski definition) is 4. The third kappa shape index (κ3) is 9.31. The smallest absolute Gasteiger partial charge is 0.239 e. The number of halogens is 2. The molecule has 0 spiro atoms. The van der Waals surface area contributed by atoms with Gasteiger partial charge in [-0.25, -0.2) is 4.39 Å². The number of piperazine rings is 2. The third-order valence-corrected chi connectivity index (χ3v) is 10.5. The Labute approximate surface area is 271 Å². The van der Waals surface area contributed by atoms with Crippen LogP contribution in [0.2, 0.25) is 5.02 Å². The van der Waals surface area contributed by atoms with Gasteiger partial charge in [0.25, 0.3) is 0 Å². The van der Waals surface area contributed by atoms with E-state index in [1.165, 1.54) is 5.56 Å². The normalized spacial score (nSPS) is 21.4. The lowest BCUT2D eigenvalue weighted by atomic mass is 9.88. The maximum absolute atomic E-state index is 13.8. The number of nitrogens with one attached hydrogen (secondary N) is 3. The molecule has 2 atom stereocenters. The van der Waals surface area contributed by atoms with Crippen LogP contribution >= 0.6 is 23.4 Å². The van der Waals surface area contributed by atoms with Crippen molar-refractivity contribution in [2.75, 3.05) is 83.1 Å². The van der Waals surface area contributed by atoms with Crippen molar-refractivity contribution < 1.29 is 9.18 Å². The van der Waals surface area contributed by atoms with E-state index in [4.69, 9.17) is 17.3 Å². The molecule has 3 aliphatic rings. The topological polar surface area (TPSA) is 88.9 Å². The van der Waals surface area contributed by atoms with E-state index in [9.17, 15) is 9.18 Å². The van der Waals surface area contributed by atoms with Crippen molar-refractivity contribution in [2.45, 2.75) is 49.7 Å². The molecule has 242 valence electrons. The number of amides is 1. The average molecular weight is 646 g/mol. The van der Waals surface area contributed by atoms with Gasteiger partial charge < -0.3 is 31.5 Å². The molecule has 5 rings (SSSR count). The van der Waals surface area contributed by atoms with E-state index in [0.717, 1.165) is 112 Å². The molecular formula is C33H49ClFN7OS. The molecule has 0 saturated carbocycles. The quantitative estimate of drug-likeness (QED) is 0.261. The van der Waals surface area contributed by atoms with Crippen LogP contribution in [-0.2, 0) is 17.8 Å². The van der Waals surface area contributed by atoms with E-state index in [0.29, 0.717) is 19.1 Å². The van der Waals surface area contributed by atoms with Crippen LogP contribution < -0.4 is 21.7 Å². The van der Waals surface area contributed by atoms with Gasteiger partial charge in [0.15, 0.2) is 0 Å². The van der Waals surface area contributed by atoms with Crippen LogP contribution in [0.3, 0.4) is 0 Å². The van der Waals surface area contributed by atoms with Crippen molar-refractivity contribution in [3.8, 4) is 0 Å². The van der Waals surface area contributed by atoms with E-state index in [-0.39, 0.29) is 17.6 Å². The summed E-state index contributed by atoms with van der Waals surface area (Å²) in [6.07, 6.45) is 2.81. The van der Waals surface area contributed by atoms with E-state index in [2.05, 4.69) is 44.8 Å². The lowest BCUT2D eigenvalue weighted by Crippen LogP contribution is -2.55. The van der Waals surface area contributed by atoms with Gasteiger partial charge in [0.1, 0.15) is 5.82 Å². The van der Waals surface area contributed by atoms with E-state index in [1.54, 1.807) is 23.9 Å². The second kappa shape index (κ2) is 16.6. The Morgan fingerprint density at radius 2 is 1.86 bits per heavy atom. The van der Waals surface area contributed by atoms with Gasteiger partial charge >= 0.3 is 0 Å². The second-order valence-corrected chi connectivity index (χ2v) is 14.0. The molecule has 8 nitrogen and oxygen atoms in total. The molecule has 3 fully saturated rings. The largest absolute Gasteiger partial charge is 0.383 e. The molecule has 0 unspecified atom stereocenters. The number of carbonyl (C=O) groups is 1. The molecule has 1 amide bonds. The van der Waals surface area contributed by atoms with Gasteiger partial charge in [0.05, 0.1) is 6.04 Å². The number of likely N-dealkylation sites (tertiary alicyclic amines) is 1. The molecule has 2 aromatic rings. The molecule has 0 bridgehead atoms. The summed E-state index contributed by atoms with van der Waals surface area (Å²) in [5, 5.41) is 11.4. The zero-order valence-electron chi connectivity index (χ0n) is 26.0. The number of anilines is 1. The maximum Gasteiger partial charge on any atom is 0.239 e. The summed E-state index contributed by atoms with van der Waals surface area (Å²) in [5.41, 5.74) is 10.1. The van der Waals surface area contributed by atoms with Crippen LogP contribution in [0, 0.1) is 11.7 Å². The number of carbonyl (C=O) groups excluding carboxylic acids is 1. The standard InChI is InChI=1S/C33H49ClFN7OS/c1-2-44-31-20-28(35)5-3-26(31)23-41-15-17-42(18-16-41)33(43)32(36)24-7-12-40(13-8-24)14-9-25-19-27(34)4-6-30(25)39-22-29-21-37-10-11-38-29/h3-6,19-20,24,29,32,37-39H,2,7-18,21-23,36H2,1H3/t29-,32-/m1/s1. The van der Waals surface area contributed by atoms with Crippen molar-refractivity contribution in [3.05, 3.63) is 58.4 Å². The first-order chi connectivity index (χ1) is 21.4. The van der Waals surface area contributed by atoms with Gasteiger partial charge in [-0.3, -0.25) is 9.69 Å². The molecule has 0 aromatic heterocycles. The number of nitrogens with two attached hydrogens (primary N) is 1. The Morgan fingerprint density at radius 3 is 2.59 bits per heavy atom. The lowest BCUT2D eigenvalue weighted by molar-refractivity contribution is -0.136. The minimum absolute atomic E-state index is 0.0874. The summed E-state index contributed by atoms with van der Waals surface area (Å²) in [4.78, 5) is 21.2. The Balaban J connectivity index is 1.04. The lowest BCUT2D eigenvalue weighted by Gasteiger charge is -2.39. The van der Waals surface area contributed by atoms with Crippen molar-refractivity contribution in [1.82, 2.24) is 25.3 Å². The van der Waals surface area contributed by atoms with Gasteiger partial charge in [-0.1, -0.05) is 24.6 Å². The Hall–Kier alpha value is -1.92. The molecule has 5 N–H and O–H groups in total. The Morgan fingerprint density at radius 1 is 1.07 bits per heavy atom. The zero-order chi connectivity index (χ0) is 30.9.